The third-order valence-corrected chi connectivity index (χ3v) is 6.46. The summed E-state index contributed by atoms with van der Waals surface area (Å²) in [6.45, 7) is 0.783. The van der Waals surface area contributed by atoms with Crippen LogP contribution in [-0.4, -0.2) is 24.1 Å². The van der Waals surface area contributed by atoms with Gasteiger partial charge in [0, 0.05) is 46.8 Å². The van der Waals surface area contributed by atoms with Crippen molar-refractivity contribution in [2.24, 2.45) is 0 Å². The second kappa shape index (κ2) is 7.71. The SMILES string of the molecule is Nc1nccc(-c2c(-c3ccc(F)cc3)nc3n2C(Cn2ccc4cc(Cl)ccc42)CC3)n1. The summed E-state index contributed by atoms with van der Waals surface area (Å²) in [7, 11) is 0. The Morgan fingerprint density at radius 2 is 1.91 bits per heavy atom. The molecule has 3 aromatic heterocycles. The molecule has 1 atom stereocenters. The average molecular weight is 459 g/mol. The van der Waals surface area contributed by atoms with Crippen molar-refractivity contribution in [3.8, 4) is 22.6 Å². The van der Waals surface area contributed by atoms with E-state index >= 15 is 0 Å². The van der Waals surface area contributed by atoms with Crippen LogP contribution in [0.25, 0.3) is 33.5 Å². The maximum Gasteiger partial charge on any atom is 0.220 e. The van der Waals surface area contributed by atoms with Crippen molar-refractivity contribution < 1.29 is 4.39 Å². The van der Waals surface area contributed by atoms with Gasteiger partial charge in [-0.25, -0.2) is 19.3 Å². The molecule has 33 heavy (non-hydrogen) atoms. The molecule has 0 spiro atoms. The third kappa shape index (κ3) is 3.45. The molecule has 1 aliphatic heterocycles. The van der Waals surface area contributed by atoms with Crippen LogP contribution >= 0.6 is 11.6 Å². The molecule has 8 heteroatoms. The molecule has 2 N–H and O–H groups in total. The highest BCUT2D eigenvalue weighted by molar-refractivity contribution is 6.31. The number of aromatic nitrogens is 5. The molecule has 5 aromatic rings. The van der Waals surface area contributed by atoms with Crippen molar-refractivity contribution in [1.82, 2.24) is 24.1 Å². The first-order valence-electron chi connectivity index (χ1n) is 10.8. The van der Waals surface area contributed by atoms with Crippen LogP contribution in [0.15, 0.2) is 67.0 Å². The number of nitrogen functional groups attached to an aromatic ring is 1. The maximum absolute atomic E-state index is 13.6. The van der Waals surface area contributed by atoms with E-state index in [0.29, 0.717) is 5.69 Å². The number of rotatable bonds is 4. The first-order valence-corrected chi connectivity index (χ1v) is 11.1. The van der Waals surface area contributed by atoms with Gasteiger partial charge in [0.1, 0.15) is 11.6 Å². The Morgan fingerprint density at radius 1 is 1.06 bits per heavy atom. The number of hydrogen-bond acceptors (Lipinski definition) is 4. The Labute approximate surface area is 194 Å². The van der Waals surface area contributed by atoms with Gasteiger partial charge in [-0.2, -0.15) is 0 Å². The quantitative estimate of drug-likeness (QED) is 0.384. The second-order valence-electron chi connectivity index (χ2n) is 8.27. The first-order chi connectivity index (χ1) is 16.1. The Morgan fingerprint density at radius 3 is 2.73 bits per heavy atom. The molecule has 0 amide bonds. The second-order valence-corrected chi connectivity index (χ2v) is 8.70. The summed E-state index contributed by atoms with van der Waals surface area (Å²) in [6, 6.07) is 16.5. The zero-order valence-corrected chi connectivity index (χ0v) is 18.4. The van der Waals surface area contributed by atoms with E-state index in [0.717, 1.165) is 58.1 Å². The van der Waals surface area contributed by atoms with Gasteiger partial charge in [-0.1, -0.05) is 11.6 Å². The van der Waals surface area contributed by atoms with E-state index in [4.69, 9.17) is 22.3 Å². The van der Waals surface area contributed by atoms with Crippen molar-refractivity contribution in [3.05, 3.63) is 83.7 Å². The van der Waals surface area contributed by atoms with Crippen LogP contribution in [0.4, 0.5) is 10.3 Å². The average Bonchev–Trinajstić information content (AvgIpc) is 3.49. The number of nitrogens with two attached hydrogens (primary N) is 1. The van der Waals surface area contributed by atoms with Crippen molar-refractivity contribution in [3.63, 3.8) is 0 Å². The van der Waals surface area contributed by atoms with E-state index < -0.39 is 0 Å². The molecule has 6 nitrogen and oxygen atoms in total. The van der Waals surface area contributed by atoms with Gasteiger partial charge >= 0.3 is 0 Å². The van der Waals surface area contributed by atoms with Gasteiger partial charge in [0.05, 0.1) is 23.1 Å². The van der Waals surface area contributed by atoms with Crippen LogP contribution in [0.3, 0.4) is 0 Å². The predicted octanol–water partition coefficient (Wildman–Crippen LogP) is 5.52. The van der Waals surface area contributed by atoms with E-state index in [9.17, 15) is 4.39 Å². The molecule has 1 unspecified atom stereocenters. The highest BCUT2D eigenvalue weighted by Gasteiger charge is 2.31. The number of anilines is 1. The Bertz CT molecular complexity index is 1490. The number of halogens is 2. The minimum atomic E-state index is -0.282. The van der Waals surface area contributed by atoms with Gasteiger partial charge in [0.25, 0.3) is 0 Å². The zero-order chi connectivity index (χ0) is 22.5. The third-order valence-electron chi connectivity index (χ3n) is 6.23. The molecule has 6 rings (SSSR count). The minimum absolute atomic E-state index is 0.180. The molecular formula is C25H20ClFN6. The van der Waals surface area contributed by atoms with Crippen molar-refractivity contribution in [2.45, 2.75) is 25.4 Å². The summed E-state index contributed by atoms with van der Waals surface area (Å²) in [4.78, 5) is 13.5. The fourth-order valence-electron chi connectivity index (χ4n) is 4.76. The predicted molar refractivity (Wildman–Crippen MR) is 127 cm³/mol. The smallest absolute Gasteiger partial charge is 0.220 e. The summed E-state index contributed by atoms with van der Waals surface area (Å²) in [5.74, 6) is 0.915. The molecule has 4 heterocycles. The first kappa shape index (κ1) is 19.9. The molecule has 0 aliphatic carbocycles. The van der Waals surface area contributed by atoms with E-state index in [-0.39, 0.29) is 17.8 Å². The Hall–Kier alpha value is -3.71. The largest absolute Gasteiger partial charge is 0.368 e. The van der Waals surface area contributed by atoms with Crippen molar-refractivity contribution >= 4 is 28.5 Å². The van der Waals surface area contributed by atoms with E-state index in [1.54, 1.807) is 18.3 Å². The summed E-state index contributed by atoms with van der Waals surface area (Å²) >= 11 is 6.17. The number of imidazole rings is 1. The fourth-order valence-corrected chi connectivity index (χ4v) is 4.94. The topological polar surface area (TPSA) is 74.5 Å². The van der Waals surface area contributed by atoms with Crippen LogP contribution in [0.2, 0.25) is 5.02 Å². The van der Waals surface area contributed by atoms with Crippen LogP contribution < -0.4 is 5.73 Å². The normalized spacial score (nSPS) is 15.3. The molecule has 2 aromatic carbocycles. The highest BCUT2D eigenvalue weighted by Crippen LogP contribution is 2.40. The van der Waals surface area contributed by atoms with Gasteiger partial charge in [-0.05, 0) is 61.0 Å². The van der Waals surface area contributed by atoms with Gasteiger partial charge in [-0.3, -0.25) is 0 Å². The molecule has 0 fully saturated rings. The van der Waals surface area contributed by atoms with Gasteiger partial charge < -0.3 is 14.9 Å². The Balaban J connectivity index is 1.48. The summed E-state index contributed by atoms with van der Waals surface area (Å²) in [5.41, 5.74) is 10.3. The van der Waals surface area contributed by atoms with Crippen molar-refractivity contribution in [1.29, 1.82) is 0 Å². The summed E-state index contributed by atoms with van der Waals surface area (Å²) in [5, 5.41) is 1.84. The van der Waals surface area contributed by atoms with E-state index in [1.807, 2.05) is 18.2 Å². The Kier molecular flexibility index (Phi) is 4.66. The summed E-state index contributed by atoms with van der Waals surface area (Å²) in [6.07, 6.45) is 5.57. The van der Waals surface area contributed by atoms with E-state index in [2.05, 4.69) is 37.4 Å². The van der Waals surface area contributed by atoms with Gasteiger partial charge in [-0.15, -0.1) is 0 Å². The van der Waals surface area contributed by atoms with Gasteiger partial charge in [0.15, 0.2) is 0 Å². The monoisotopic (exact) mass is 458 g/mol. The molecule has 1 aliphatic rings. The molecule has 0 radical (unpaired) electrons. The van der Waals surface area contributed by atoms with Crippen LogP contribution in [0.1, 0.15) is 18.3 Å². The number of fused-ring (bicyclic) bond motifs is 2. The summed E-state index contributed by atoms with van der Waals surface area (Å²) < 4.78 is 18.1. The minimum Gasteiger partial charge on any atom is -0.368 e. The van der Waals surface area contributed by atoms with Crippen LogP contribution in [0, 0.1) is 5.82 Å². The fraction of sp³-hybridized carbons (Fsp3) is 0.160. The number of nitrogens with zero attached hydrogens (tertiary/aromatic N) is 5. The molecule has 164 valence electrons. The molecule has 0 bridgehead atoms. The highest BCUT2D eigenvalue weighted by atomic mass is 35.5. The number of aryl methyl sites for hydroxylation is 1. The van der Waals surface area contributed by atoms with Crippen LogP contribution in [0.5, 0.6) is 0 Å². The molecule has 0 saturated heterocycles. The lowest BCUT2D eigenvalue weighted by Gasteiger charge is -2.19. The zero-order valence-electron chi connectivity index (χ0n) is 17.6. The maximum atomic E-state index is 13.6. The molecule has 0 saturated carbocycles. The van der Waals surface area contributed by atoms with Crippen molar-refractivity contribution in [2.75, 3.05) is 5.73 Å². The molecular weight excluding hydrogens is 439 g/mol. The van der Waals surface area contributed by atoms with Gasteiger partial charge in [0.2, 0.25) is 5.95 Å². The number of hydrogen-bond donors (Lipinski definition) is 1. The standard InChI is InChI=1S/C25H20ClFN6/c26-17-3-7-21-16(13-17)10-12-32(21)14-19-6-8-22-31-23(15-1-4-18(27)5-2-15)24(33(19)22)20-9-11-29-25(28)30-20/h1-5,7,9-13,19H,6,8,14H2,(H2,28,29,30). The van der Waals surface area contributed by atoms with E-state index in [1.165, 1.54) is 12.1 Å². The lowest BCUT2D eigenvalue weighted by molar-refractivity contribution is 0.459. The van der Waals surface area contributed by atoms with Crippen LogP contribution in [-0.2, 0) is 13.0 Å². The lowest BCUT2D eigenvalue weighted by atomic mass is 10.1. The number of benzene rings is 2. The lowest BCUT2D eigenvalue weighted by Crippen LogP contribution is -2.13.